The highest BCUT2D eigenvalue weighted by Gasteiger charge is 2.54. The number of carbonyl (C=O) groups excluding carboxylic acids is 1. The van der Waals surface area contributed by atoms with E-state index in [1.807, 2.05) is 12.1 Å². The highest BCUT2D eigenvalue weighted by atomic mass is 16.3. The molecule has 0 aromatic heterocycles. The molecule has 3 heteroatoms. The summed E-state index contributed by atoms with van der Waals surface area (Å²) in [6.07, 6.45) is 4.79. The molecule has 0 spiro atoms. The minimum Gasteiger partial charge on any atom is -0.508 e. The van der Waals surface area contributed by atoms with E-state index in [0.717, 1.165) is 43.0 Å². The van der Waals surface area contributed by atoms with Gasteiger partial charge < -0.3 is 5.11 Å². The molecule has 4 rings (SSSR count). The first-order chi connectivity index (χ1) is 10.6. The lowest BCUT2D eigenvalue weighted by Crippen LogP contribution is -2.61. The maximum atomic E-state index is 13.1. The van der Waals surface area contributed by atoms with Crippen molar-refractivity contribution in [1.29, 1.82) is 0 Å². The van der Waals surface area contributed by atoms with Gasteiger partial charge in [-0.05, 0) is 67.8 Å². The molecule has 0 unspecified atom stereocenters. The van der Waals surface area contributed by atoms with Crippen LogP contribution in [0.25, 0.3) is 0 Å². The highest BCUT2D eigenvalue weighted by Crippen LogP contribution is 2.51. The summed E-state index contributed by atoms with van der Waals surface area (Å²) in [5.74, 6) is 1.69. The van der Waals surface area contributed by atoms with Crippen molar-refractivity contribution in [2.45, 2.75) is 51.0 Å². The zero-order valence-electron chi connectivity index (χ0n) is 13.5. The number of aromatic hydroxyl groups is 1. The van der Waals surface area contributed by atoms with E-state index in [1.54, 1.807) is 6.07 Å². The van der Waals surface area contributed by atoms with E-state index >= 15 is 0 Å². The first kappa shape index (κ1) is 14.3. The van der Waals surface area contributed by atoms with E-state index in [0.29, 0.717) is 5.92 Å². The number of phenols is 1. The van der Waals surface area contributed by atoms with Gasteiger partial charge in [0.25, 0.3) is 0 Å². The average Bonchev–Trinajstić information content (AvgIpc) is 3.30. The molecule has 1 aliphatic heterocycles. The molecule has 22 heavy (non-hydrogen) atoms. The van der Waals surface area contributed by atoms with Gasteiger partial charge in [-0.1, -0.05) is 13.8 Å². The molecule has 3 nitrogen and oxygen atoms in total. The van der Waals surface area contributed by atoms with Crippen LogP contribution < -0.4 is 0 Å². The molecule has 0 radical (unpaired) electrons. The number of phenolic OH excluding ortho intramolecular Hbond substituents is 1. The van der Waals surface area contributed by atoms with Crippen molar-refractivity contribution >= 4 is 5.78 Å². The monoisotopic (exact) mass is 299 g/mol. The molecule has 0 amide bonds. The Balaban J connectivity index is 1.81. The molecule has 2 fully saturated rings. The molecule has 1 saturated heterocycles. The molecule has 3 atom stereocenters. The summed E-state index contributed by atoms with van der Waals surface area (Å²) in [6.45, 7) is 6.58. The Labute approximate surface area is 132 Å². The maximum Gasteiger partial charge on any atom is 0.180 e. The number of carbonyl (C=O) groups is 1. The lowest BCUT2D eigenvalue weighted by molar-refractivity contribution is 0.0196. The molecule has 118 valence electrons. The summed E-state index contributed by atoms with van der Waals surface area (Å²) in [5, 5.41) is 9.93. The number of nitrogens with zero attached hydrogens (tertiary/aromatic N) is 1. The van der Waals surface area contributed by atoms with Crippen LogP contribution in [-0.2, 0) is 5.41 Å². The standard InChI is InChI=1S/C19H25NO2/c1-3-19-8-9-20(11-13-4-5-13)17(12(19)2)18(22)15-7-6-14(21)10-16(15)19/h6-7,10,12-13,17,21H,3-5,8-9,11H2,1-2H3/t12-,17+,19+/m0/s1. The number of benzene rings is 1. The molecule has 1 saturated carbocycles. The second-order valence-electron chi connectivity index (χ2n) is 7.53. The van der Waals surface area contributed by atoms with Gasteiger partial charge in [-0.3, -0.25) is 9.69 Å². The number of ketones is 1. The lowest BCUT2D eigenvalue weighted by Gasteiger charge is -2.55. The van der Waals surface area contributed by atoms with Gasteiger partial charge in [0.1, 0.15) is 5.75 Å². The summed E-state index contributed by atoms with van der Waals surface area (Å²) >= 11 is 0. The first-order valence-corrected chi connectivity index (χ1v) is 8.68. The quantitative estimate of drug-likeness (QED) is 0.930. The van der Waals surface area contributed by atoms with E-state index in [9.17, 15) is 9.90 Å². The Bertz CT molecular complexity index is 622. The predicted octanol–water partition coefficient (Wildman–Crippen LogP) is 3.36. The van der Waals surface area contributed by atoms with Gasteiger partial charge in [0.2, 0.25) is 0 Å². The van der Waals surface area contributed by atoms with E-state index in [1.165, 1.54) is 12.8 Å². The Morgan fingerprint density at radius 3 is 2.82 bits per heavy atom. The molecule has 1 N–H and O–H groups in total. The SMILES string of the molecule is CC[C@]12CCN(CC3CC3)[C@@H](C(=O)c3ccc(O)cc31)[C@@H]2C. The molecule has 1 aromatic rings. The second-order valence-corrected chi connectivity index (χ2v) is 7.53. The highest BCUT2D eigenvalue weighted by molar-refractivity contribution is 6.03. The number of rotatable bonds is 3. The van der Waals surface area contributed by atoms with Crippen molar-refractivity contribution in [1.82, 2.24) is 4.90 Å². The number of fused-ring (bicyclic) bond motifs is 4. The van der Waals surface area contributed by atoms with Crippen LogP contribution in [-0.4, -0.2) is 34.9 Å². The topological polar surface area (TPSA) is 40.5 Å². The number of hydrogen-bond acceptors (Lipinski definition) is 3. The van der Waals surface area contributed by atoms with Crippen LogP contribution in [0, 0.1) is 11.8 Å². The van der Waals surface area contributed by atoms with E-state index in [4.69, 9.17) is 0 Å². The fourth-order valence-electron chi connectivity index (χ4n) is 4.95. The average molecular weight is 299 g/mol. The van der Waals surface area contributed by atoms with Gasteiger partial charge in [-0.15, -0.1) is 0 Å². The first-order valence-electron chi connectivity index (χ1n) is 8.68. The van der Waals surface area contributed by atoms with Gasteiger partial charge in [-0.25, -0.2) is 0 Å². The largest absolute Gasteiger partial charge is 0.508 e. The third-order valence-corrected chi connectivity index (χ3v) is 6.48. The molecule has 2 bridgehead atoms. The minimum absolute atomic E-state index is 0.0337. The Morgan fingerprint density at radius 2 is 2.14 bits per heavy atom. The van der Waals surface area contributed by atoms with Crippen LogP contribution in [0.4, 0.5) is 0 Å². The third kappa shape index (κ3) is 1.88. The molecule has 3 aliphatic rings. The summed E-state index contributed by atoms with van der Waals surface area (Å²) in [7, 11) is 0. The van der Waals surface area contributed by atoms with Gasteiger partial charge in [0, 0.05) is 17.5 Å². The summed E-state index contributed by atoms with van der Waals surface area (Å²) in [6, 6.07) is 5.39. The van der Waals surface area contributed by atoms with Crippen LogP contribution in [0.2, 0.25) is 0 Å². The van der Waals surface area contributed by atoms with E-state index in [2.05, 4.69) is 18.7 Å². The molecule has 1 aromatic carbocycles. The molecular weight excluding hydrogens is 274 g/mol. The van der Waals surface area contributed by atoms with E-state index in [-0.39, 0.29) is 23.0 Å². The van der Waals surface area contributed by atoms with Crippen molar-refractivity contribution in [3.63, 3.8) is 0 Å². The predicted molar refractivity (Wildman–Crippen MR) is 86.3 cm³/mol. The smallest absolute Gasteiger partial charge is 0.180 e. The van der Waals surface area contributed by atoms with Crippen molar-refractivity contribution in [3.8, 4) is 5.75 Å². The van der Waals surface area contributed by atoms with Crippen LogP contribution in [0.15, 0.2) is 18.2 Å². The van der Waals surface area contributed by atoms with Gasteiger partial charge in [0.05, 0.1) is 6.04 Å². The number of likely N-dealkylation sites (tertiary alicyclic amines) is 1. The van der Waals surface area contributed by atoms with E-state index < -0.39 is 0 Å². The van der Waals surface area contributed by atoms with Crippen LogP contribution in [0.5, 0.6) is 5.75 Å². The van der Waals surface area contributed by atoms with Crippen LogP contribution >= 0.6 is 0 Å². The Morgan fingerprint density at radius 1 is 1.36 bits per heavy atom. The van der Waals surface area contributed by atoms with Crippen LogP contribution in [0.1, 0.15) is 55.5 Å². The molecule has 1 heterocycles. The van der Waals surface area contributed by atoms with Gasteiger partial charge in [0.15, 0.2) is 5.78 Å². The molecule has 2 aliphatic carbocycles. The van der Waals surface area contributed by atoms with Crippen molar-refractivity contribution < 1.29 is 9.90 Å². The third-order valence-electron chi connectivity index (χ3n) is 6.48. The summed E-state index contributed by atoms with van der Waals surface area (Å²) in [4.78, 5) is 15.5. The zero-order valence-corrected chi connectivity index (χ0v) is 13.5. The van der Waals surface area contributed by atoms with Gasteiger partial charge in [-0.2, -0.15) is 0 Å². The van der Waals surface area contributed by atoms with Crippen molar-refractivity contribution in [2.75, 3.05) is 13.1 Å². The number of piperidine rings is 1. The fourth-order valence-corrected chi connectivity index (χ4v) is 4.95. The van der Waals surface area contributed by atoms with Crippen molar-refractivity contribution in [2.24, 2.45) is 11.8 Å². The number of hydrogen-bond donors (Lipinski definition) is 1. The lowest BCUT2D eigenvalue weighted by atomic mass is 9.56. The second kappa shape index (κ2) is 4.82. The van der Waals surface area contributed by atoms with Gasteiger partial charge >= 0.3 is 0 Å². The zero-order chi connectivity index (χ0) is 15.5. The Kier molecular flexibility index (Phi) is 3.12. The normalized spacial score (nSPS) is 34.5. The van der Waals surface area contributed by atoms with Crippen LogP contribution in [0.3, 0.4) is 0 Å². The summed E-state index contributed by atoms with van der Waals surface area (Å²) in [5.41, 5.74) is 1.99. The number of Topliss-reactive ketones (excluding diaryl/α,β-unsaturated/α-hetero) is 1. The Hall–Kier alpha value is -1.35. The molecular formula is C19H25NO2. The summed E-state index contributed by atoms with van der Waals surface area (Å²) < 4.78 is 0. The fraction of sp³-hybridized carbons (Fsp3) is 0.632. The minimum atomic E-state index is 0.0337. The maximum absolute atomic E-state index is 13.1. The van der Waals surface area contributed by atoms with Crippen molar-refractivity contribution in [3.05, 3.63) is 29.3 Å².